The molecule has 29 heavy (non-hydrogen) atoms. The van der Waals surface area contributed by atoms with Gasteiger partial charge in [-0.15, -0.1) is 5.10 Å². The molecule has 0 radical (unpaired) electrons. The van der Waals surface area contributed by atoms with Crippen molar-refractivity contribution < 1.29 is 14.2 Å². The molecule has 2 heterocycles. The van der Waals surface area contributed by atoms with Crippen LogP contribution in [0.4, 0.5) is 15.9 Å². The predicted molar refractivity (Wildman–Crippen MR) is 107 cm³/mol. The standard InChI is InChI=1S/C17H20BrFN8O2/c1-17(2,3)13-9-27(26-22-13)7-6-20-15-14(24-29-25-15)16(23-28)21-10-4-5-12(19)11(18)8-10/h4-5,8-9,28H,6-7H2,1-3H3,(H,20,25)(H,21,23). The van der Waals surface area contributed by atoms with Crippen LogP contribution in [0.25, 0.3) is 0 Å². The van der Waals surface area contributed by atoms with Gasteiger partial charge in [0, 0.05) is 18.2 Å². The Bertz CT molecular complexity index is 1010. The highest BCUT2D eigenvalue weighted by atomic mass is 79.9. The Morgan fingerprint density at radius 2 is 2.14 bits per heavy atom. The fourth-order valence-corrected chi connectivity index (χ4v) is 2.68. The van der Waals surface area contributed by atoms with E-state index in [9.17, 15) is 9.60 Å². The van der Waals surface area contributed by atoms with Crippen molar-refractivity contribution >= 4 is 33.3 Å². The van der Waals surface area contributed by atoms with Crippen LogP contribution in [0.15, 0.2) is 38.5 Å². The number of nitrogens with one attached hydrogen (secondary N) is 2. The Morgan fingerprint density at radius 1 is 1.34 bits per heavy atom. The molecule has 0 atom stereocenters. The fraction of sp³-hybridized carbons (Fsp3) is 0.353. The smallest absolute Gasteiger partial charge is 0.202 e. The van der Waals surface area contributed by atoms with E-state index in [1.165, 1.54) is 18.2 Å². The van der Waals surface area contributed by atoms with Crippen LogP contribution in [-0.2, 0) is 12.0 Å². The molecule has 10 nitrogen and oxygen atoms in total. The van der Waals surface area contributed by atoms with E-state index in [1.54, 1.807) is 4.68 Å². The molecule has 154 valence electrons. The summed E-state index contributed by atoms with van der Waals surface area (Å²) in [4.78, 5) is 4.21. The fourth-order valence-electron chi connectivity index (χ4n) is 2.31. The van der Waals surface area contributed by atoms with Gasteiger partial charge in [-0.05, 0) is 44.4 Å². The van der Waals surface area contributed by atoms with E-state index in [0.29, 0.717) is 18.8 Å². The highest BCUT2D eigenvalue weighted by Gasteiger charge is 2.19. The quantitative estimate of drug-likeness (QED) is 0.287. The van der Waals surface area contributed by atoms with E-state index in [2.05, 4.69) is 67.6 Å². The number of aliphatic imine (C=N–C) groups is 1. The second kappa shape index (κ2) is 8.66. The molecular formula is C17H20BrFN8O2. The first-order chi connectivity index (χ1) is 13.8. The molecular weight excluding hydrogens is 447 g/mol. The molecule has 0 aliphatic carbocycles. The summed E-state index contributed by atoms with van der Waals surface area (Å²) in [6, 6.07) is 4.17. The minimum Gasteiger partial charge on any atom is -0.363 e. The van der Waals surface area contributed by atoms with E-state index < -0.39 is 5.82 Å². The number of aromatic nitrogens is 5. The number of halogens is 2. The topological polar surface area (TPSA) is 126 Å². The molecule has 0 amide bonds. The largest absolute Gasteiger partial charge is 0.363 e. The maximum atomic E-state index is 13.4. The second-order valence-corrected chi connectivity index (χ2v) is 8.03. The number of anilines is 1. The SMILES string of the molecule is CC(C)(C)c1cn(CCNc2nonc2C(=Nc2ccc(F)c(Br)c2)NO)nn1. The summed E-state index contributed by atoms with van der Waals surface area (Å²) < 4.78 is 20.1. The lowest BCUT2D eigenvalue weighted by Crippen LogP contribution is -2.22. The van der Waals surface area contributed by atoms with Crippen LogP contribution < -0.4 is 10.8 Å². The van der Waals surface area contributed by atoms with Gasteiger partial charge in [0.05, 0.1) is 22.4 Å². The molecule has 1 aromatic carbocycles. The Hall–Kier alpha value is -2.86. The van der Waals surface area contributed by atoms with Crippen LogP contribution in [0, 0.1) is 5.82 Å². The van der Waals surface area contributed by atoms with Crippen molar-refractivity contribution in [1.29, 1.82) is 0 Å². The molecule has 0 unspecified atom stereocenters. The zero-order valence-corrected chi connectivity index (χ0v) is 17.6. The number of rotatable bonds is 6. The molecule has 0 saturated heterocycles. The summed E-state index contributed by atoms with van der Waals surface area (Å²) in [5.41, 5.74) is 3.34. The van der Waals surface area contributed by atoms with E-state index in [0.717, 1.165) is 5.69 Å². The maximum absolute atomic E-state index is 13.4. The third-order valence-corrected chi connectivity index (χ3v) is 4.51. The van der Waals surface area contributed by atoms with Gasteiger partial charge in [0.25, 0.3) is 0 Å². The summed E-state index contributed by atoms with van der Waals surface area (Å²) in [5.74, 6) is -0.152. The van der Waals surface area contributed by atoms with Gasteiger partial charge < -0.3 is 5.32 Å². The van der Waals surface area contributed by atoms with Gasteiger partial charge in [0.2, 0.25) is 5.82 Å². The van der Waals surface area contributed by atoms with Crippen molar-refractivity contribution in [2.75, 3.05) is 11.9 Å². The Morgan fingerprint density at radius 3 is 2.79 bits per heavy atom. The normalized spacial score (nSPS) is 12.3. The summed E-state index contributed by atoms with van der Waals surface area (Å²) in [5, 5.41) is 28.3. The molecule has 12 heteroatoms. The van der Waals surface area contributed by atoms with Crippen LogP contribution in [-0.4, -0.2) is 42.9 Å². The van der Waals surface area contributed by atoms with E-state index in [4.69, 9.17) is 4.63 Å². The van der Waals surface area contributed by atoms with Gasteiger partial charge in [-0.3, -0.25) is 15.4 Å². The Kier molecular flexibility index (Phi) is 6.23. The lowest BCUT2D eigenvalue weighted by atomic mass is 9.93. The van der Waals surface area contributed by atoms with E-state index in [1.807, 2.05) is 11.7 Å². The van der Waals surface area contributed by atoms with Crippen molar-refractivity contribution in [2.24, 2.45) is 4.99 Å². The molecule has 3 rings (SSSR count). The molecule has 0 bridgehead atoms. The summed E-state index contributed by atoms with van der Waals surface area (Å²) in [7, 11) is 0. The van der Waals surface area contributed by atoms with Crippen LogP contribution in [0.3, 0.4) is 0 Å². The van der Waals surface area contributed by atoms with Gasteiger partial charge in [-0.1, -0.05) is 26.0 Å². The maximum Gasteiger partial charge on any atom is 0.202 e. The van der Waals surface area contributed by atoms with Gasteiger partial charge in [-0.2, -0.15) is 0 Å². The molecule has 0 aliphatic heterocycles. The average molecular weight is 467 g/mol. The Labute approximate surface area is 174 Å². The first-order valence-electron chi connectivity index (χ1n) is 8.69. The minimum absolute atomic E-state index is 0.0111. The highest BCUT2D eigenvalue weighted by Crippen LogP contribution is 2.23. The lowest BCUT2D eigenvalue weighted by Gasteiger charge is -2.12. The third-order valence-electron chi connectivity index (χ3n) is 3.90. The minimum atomic E-state index is -0.421. The second-order valence-electron chi connectivity index (χ2n) is 7.18. The van der Waals surface area contributed by atoms with Gasteiger partial charge >= 0.3 is 0 Å². The number of hydrogen-bond donors (Lipinski definition) is 3. The summed E-state index contributed by atoms with van der Waals surface area (Å²) in [6.07, 6.45) is 1.89. The number of hydroxylamine groups is 1. The summed E-state index contributed by atoms with van der Waals surface area (Å²) in [6.45, 7) is 7.17. The highest BCUT2D eigenvalue weighted by molar-refractivity contribution is 9.10. The zero-order valence-electron chi connectivity index (χ0n) is 16.0. The number of nitrogens with zero attached hydrogens (tertiary/aromatic N) is 6. The van der Waals surface area contributed by atoms with Crippen molar-refractivity contribution in [2.45, 2.75) is 32.7 Å². The van der Waals surface area contributed by atoms with Crippen LogP contribution in [0.2, 0.25) is 0 Å². The number of amidine groups is 1. The van der Waals surface area contributed by atoms with Crippen molar-refractivity contribution in [3.8, 4) is 0 Å². The molecule has 3 aromatic rings. The van der Waals surface area contributed by atoms with Crippen molar-refractivity contribution in [3.05, 3.63) is 46.1 Å². The summed E-state index contributed by atoms with van der Waals surface area (Å²) >= 11 is 3.09. The average Bonchev–Trinajstić information content (AvgIpc) is 3.32. The van der Waals surface area contributed by atoms with Gasteiger partial charge in [0.15, 0.2) is 11.5 Å². The van der Waals surface area contributed by atoms with Crippen molar-refractivity contribution in [1.82, 2.24) is 30.8 Å². The zero-order chi connectivity index (χ0) is 21.0. The van der Waals surface area contributed by atoms with Crippen LogP contribution in [0.5, 0.6) is 0 Å². The lowest BCUT2D eigenvalue weighted by molar-refractivity contribution is 0.234. The number of benzene rings is 1. The Balaban J connectivity index is 1.70. The van der Waals surface area contributed by atoms with E-state index >= 15 is 0 Å². The van der Waals surface area contributed by atoms with Gasteiger partial charge in [-0.25, -0.2) is 14.0 Å². The number of hydrogen-bond acceptors (Lipinski definition) is 8. The first kappa shape index (κ1) is 20.9. The third kappa shape index (κ3) is 5.15. The first-order valence-corrected chi connectivity index (χ1v) is 9.48. The van der Waals surface area contributed by atoms with E-state index in [-0.39, 0.29) is 27.2 Å². The van der Waals surface area contributed by atoms with Crippen LogP contribution >= 0.6 is 15.9 Å². The molecule has 0 saturated carbocycles. The molecule has 0 spiro atoms. The molecule has 3 N–H and O–H groups in total. The molecule has 0 aliphatic rings. The predicted octanol–water partition coefficient (Wildman–Crippen LogP) is 3.03. The van der Waals surface area contributed by atoms with Crippen molar-refractivity contribution in [3.63, 3.8) is 0 Å². The monoisotopic (exact) mass is 466 g/mol. The molecule has 0 fully saturated rings. The van der Waals surface area contributed by atoms with Crippen LogP contribution in [0.1, 0.15) is 32.2 Å². The van der Waals surface area contributed by atoms with Gasteiger partial charge in [0.1, 0.15) is 5.82 Å². The molecule has 2 aromatic heterocycles.